The molecule has 152 valence electrons. The van der Waals surface area contributed by atoms with Crippen LogP contribution in [-0.4, -0.2) is 16.0 Å². The van der Waals surface area contributed by atoms with Crippen molar-refractivity contribution in [1.82, 2.24) is 4.98 Å². The van der Waals surface area contributed by atoms with Crippen LogP contribution in [0.5, 0.6) is 0 Å². The highest BCUT2D eigenvalue weighted by atomic mass is 32.1. The lowest BCUT2D eigenvalue weighted by Gasteiger charge is -2.11. The first-order chi connectivity index (χ1) is 16.7. The van der Waals surface area contributed by atoms with Gasteiger partial charge < -0.3 is 16.2 Å². The number of aliphatic hydroxyl groups is 1. The zero-order valence-electron chi connectivity index (χ0n) is 23.0. The number of benzene rings is 2. The zero-order valence-corrected chi connectivity index (χ0v) is 16.8. The van der Waals surface area contributed by atoms with Crippen LogP contribution in [0.1, 0.15) is 57.3 Å². The molecule has 1 heterocycles. The summed E-state index contributed by atoms with van der Waals surface area (Å²) in [5, 5.41) is 15.5. The minimum atomic E-state index is -2.49. The van der Waals surface area contributed by atoms with E-state index in [9.17, 15) is 9.90 Å². The molecule has 0 aliphatic rings. The van der Waals surface area contributed by atoms with Gasteiger partial charge in [0, 0.05) is 13.8 Å². The third-order valence-corrected chi connectivity index (χ3v) is 4.78. The number of thiazole rings is 1. The average molecular weight is 417 g/mol. The number of amides is 1. The number of nitrogens with two attached hydrogens (primary N) is 1. The van der Waals surface area contributed by atoms with E-state index in [-0.39, 0.29) is 42.8 Å². The number of hydrogen-bond donors (Lipinski definition) is 3. The number of rotatable bonds is 9. The van der Waals surface area contributed by atoms with Gasteiger partial charge in [0.25, 0.3) is 0 Å². The van der Waals surface area contributed by atoms with Gasteiger partial charge in [-0.1, -0.05) is 48.3 Å². The highest BCUT2D eigenvalue weighted by Crippen LogP contribution is 2.21. The van der Waals surface area contributed by atoms with Gasteiger partial charge in [0.05, 0.1) is 25.0 Å². The number of nitrogens with zero attached hydrogens (tertiary/aromatic N) is 1. The third kappa shape index (κ3) is 6.69. The van der Waals surface area contributed by atoms with Gasteiger partial charge in [-0.05, 0) is 49.4 Å². The molecule has 0 fully saturated rings. The largest absolute Gasteiger partial charge is 0.388 e. The Morgan fingerprint density at radius 2 is 2.07 bits per heavy atom. The van der Waals surface area contributed by atoms with Crippen molar-refractivity contribution in [3.05, 3.63) is 76.2 Å². The van der Waals surface area contributed by atoms with Crippen molar-refractivity contribution in [3.8, 4) is 0 Å². The van der Waals surface area contributed by atoms with E-state index in [4.69, 9.17) is 15.3 Å². The summed E-state index contributed by atoms with van der Waals surface area (Å²) in [6.45, 7) is 1.43. The normalized spacial score (nSPS) is 17.0. The molecule has 6 heteroatoms. The molecule has 0 saturated carbocycles. The molecule has 0 saturated heterocycles. The number of nitrogen functional groups attached to an aromatic ring is 1. The van der Waals surface area contributed by atoms with E-state index in [0.717, 1.165) is 0 Å². The predicted molar refractivity (Wildman–Crippen MR) is 119 cm³/mol. The van der Waals surface area contributed by atoms with E-state index < -0.39 is 36.5 Å². The highest BCUT2D eigenvalue weighted by molar-refractivity contribution is 7.13. The van der Waals surface area contributed by atoms with Crippen LogP contribution in [-0.2, 0) is 17.6 Å². The molecule has 0 bridgehead atoms. The molecule has 1 aromatic heterocycles. The number of aryl methyl sites for hydroxylation is 1. The second-order valence-corrected chi connectivity index (χ2v) is 7.36. The van der Waals surface area contributed by atoms with Crippen molar-refractivity contribution >= 4 is 28.1 Å². The Kier molecular flexibility index (Phi) is 4.74. The van der Waals surface area contributed by atoms with Gasteiger partial charge in [-0.25, -0.2) is 4.98 Å². The lowest BCUT2D eigenvalue weighted by atomic mass is 10.0. The molecule has 0 radical (unpaired) electrons. The van der Waals surface area contributed by atoms with Gasteiger partial charge in [0.2, 0.25) is 5.91 Å². The molecule has 0 aliphatic heterocycles. The summed E-state index contributed by atoms with van der Waals surface area (Å²) in [5.41, 5.74) is 6.98. The maximum Gasteiger partial charge on any atom is 0.230 e. The van der Waals surface area contributed by atoms with E-state index in [0.29, 0.717) is 22.1 Å². The van der Waals surface area contributed by atoms with Crippen LogP contribution in [0.25, 0.3) is 0 Å². The van der Waals surface area contributed by atoms with Gasteiger partial charge in [-0.15, -0.1) is 11.3 Å². The first-order valence-electron chi connectivity index (χ1n) is 12.6. The summed E-state index contributed by atoms with van der Waals surface area (Å²) >= 11 is 1.26. The standard InChI is InChI=1S/C23H27N3O2S/c1-16-6-10-18(11-7-16)21(27)5-3-2-4-17-8-12-19(13-9-17)25-22(28)14-20-15-29-23(24)26-20/h6-13,15,21,27H,2-5,14H2,1H3,(H2,24,26)(H,25,28)/t21-/m0/s1/i2D2,6D,7D,10D,11D,21D. The van der Waals surface area contributed by atoms with Gasteiger partial charge in [0.15, 0.2) is 5.13 Å². The van der Waals surface area contributed by atoms with Gasteiger partial charge in [0.1, 0.15) is 0 Å². The number of nitrogens with one attached hydrogen (secondary N) is 1. The van der Waals surface area contributed by atoms with E-state index >= 15 is 0 Å². The molecular weight excluding hydrogens is 382 g/mol. The Morgan fingerprint density at radius 3 is 2.72 bits per heavy atom. The van der Waals surface area contributed by atoms with E-state index in [1.54, 1.807) is 29.6 Å². The fourth-order valence-corrected chi connectivity index (χ4v) is 3.13. The lowest BCUT2D eigenvalue weighted by molar-refractivity contribution is -0.115. The molecule has 5 nitrogen and oxygen atoms in total. The number of anilines is 2. The molecule has 29 heavy (non-hydrogen) atoms. The quantitative estimate of drug-likeness (QED) is 0.473. The zero-order chi connectivity index (χ0) is 26.8. The maximum atomic E-state index is 12.2. The minimum Gasteiger partial charge on any atom is -0.388 e. The first kappa shape index (κ1) is 13.5. The Bertz CT molecular complexity index is 1230. The van der Waals surface area contributed by atoms with Crippen LogP contribution < -0.4 is 11.1 Å². The molecule has 3 aromatic rings. The third-order valence-electron chi connectivity index (χ3n) is 4.06. The van der Waals surface area contributed by atoms with Crippen molar-refractivity contribution in [2.75, 3.05) is 11.1 Å². The molecule has 1 amide bonds. The molecule has 1 atom stereocenters. The molecule has 2 aromatic carbocycles. The van der Waals surface area contributed by atoms with E-state index in [1.165, 1.54) is 18.3 Å². The highest BCUT2D eigenvalue weighted by Gasteiger charge is 2.08. The summed E-state index contributed by atoms with van der Waals surface area (Å²) in [7, 11) is 0. The van der Waals surface area contributed by atoms with Crippen LogP contribution in [0.15, 0.2) is 53.8 Å². The lowest BCUT2D eigenvalue weighted by Crippen LogP contribution is -2.14. The fraction of sp³-hybridized carbons (Fsp3) is 0.304. The second kappa shape index (κ2) is 10.2. The van der Waals surface area contributed by atoms with Gasteiger partial charge in [-0.3, -0.25) is 4.79 Å². The summed E-state index contributed by atoms with van der Waals surface area (Å²) in [4.78, 5) is 16.2. The Morgan fingerprint density at radius 1 is 1.34 bits per heavy atom. The fourth-order valence-electron chi connectivity index (χ4n) is 2.56. The maximum absolute atomic E-state index is 12.2. The molecule has 0 spiro atoms. The summed E-state index contributed by atoms with van der Waals surface area (Å²) in [5.74, 6) is -0.261. The number of aromatic nitrogens is 1. The molecular formula is C23H27N3O2S. The van der Waals surface area contributed by atoms with Crippen LogP contribution in [0.3, 0.4) is 0 Å². The minimum absolute atomic E-state index is 0.0296. The van der Waals surface area contributed by atoms with Crippen LogP contribution in [0.2, 0.25) is 0 Å². The number of hydrogen-bond acceptors (Lipinski definition) is 5. The van der Waals surface area contributed by atoms with E-state index in [2.05, 4.69) is 10.3 Å². The second-order valence-electron chi connectivity index (χ2n) is 6.47. The van der Waals surface area contributed by atoms with Crippen molar-refractivity contribution in [2.24, 2.45) is 0 Å². The van der Waals surface area contributed by atoms with Crippen molar-refractivity contribution < 1.29 is 19.5 Å². The Hall–Kier alpha value is -2.70. The van der Waals surface area contributed by atoms with Gasteiger partial charge in [-0.2, -0.15) is 0 Å². The Labute approximate surface area is 185 Å². The van der Waals surface area contributed by atoms with Crippen LogP contribution >= 0.6 is 11.3 Å². The Balaban J connectivity index is 1.62. The molecule has 0 unspecified atom stereocenters. The molecule has 4 N–H and O–H groups in total. The van der Waals surface area contributed by atoms with Crippen LogP contribution in [0.4, 0.5) is 10.8 Å². The van der Waals surface area contributed by atoms with E-state index in [1.807, 2.05) is 0 Å². The van der Waals surface area contributed by atoms with Crippen molar-refractivity contribution in [2.45, 2.75) is 45.1 Å². The van der Waals surface area contributed by atoms with Crippen LogP contribution in [0, 0.1) is 6.92 Å². The summed E-state index contributed by atoms with van der Waals surface area (Å²) in [6.07, 6.45) is -4.94. The monoisotopic (exact) mass is 416 g/mol. The SMILES string of the molecule is [2H]c1c([2H])c([C@@]([2H])(O)CCC([2H])([2H])Cc2ccc(NC(=O)Cc3csc(N)n3)cc2)c([2H])c([2H])c1C. The smallest absolute Gasteiger partial charge is 0.230 e. The topological polar surface area (TPSA) is 88.2 Å². The first-order valence-corrected chi connectivity index (χ1v) is 9.96. The van der Waals surface area contributed by atoms with Crippen molar-refractivity contribution in [1.29, 1.82) is 0 Å². The molecule has 3 rings (SSSR count). The van der Waals surface area contributed by atoms with Crippen molar-refractivity contribution in [3.63, 3.8) is 0 Å². The summed E-state index contributed by atoms with van der Waals surface area (Å²) < 4.78 is 57.0. The average Bonchev–Trinajstić information content (AvgIpc) is 3.20. The number of carbonyl (C=O) groups excluding carboxylic acids is 1. The number of carbonyl (C=O) groups is 1. The summed E-state index contributed by atoms with van der Waals surface area (Å²) in [6, 6.07) is 4.98. The molecule has 0 aliphatic carbocycles. The predicted octanol–water partition coefficient (Wildman–Crippen LogP) is 4.66. The van der Waals surface area contributed by atoms with Gasteiger partial charge >= 0.3 is 0 Å².